The molecule has 0 aromatic heterocycles. The Hall–Kier alpha value is -1.55. The Kier molecular flexibility index (Phi) is 3.87. The van der Waals surface area contributed by atoms with Crippen LogP contribution in [0.15, 0.2) is 47.4 Å². The number of nitrogens with two attached hydrogens (primary N) is 1. The van der Waals surface area contributed by atoms with Crippen LogP contribution in [0.25, 0.3) is 0 Å². The Balaban J connectivity index is 2.15. The van der Waals surface area contributed by atoms with Crippen molar-refractivity contribution in [3.63, 3.8) is 0 Å². The van der Waals surface area contributed by atoms with E-state index in [-0.39, 0.29) is 5.25 Å². The van der Waals surface area contributed by atoms with Crippen LogP contribution in [-0.4, -0.2) is 0 Å². The summed E-state index contributed by atoms with van der Waals surface area (Å²) in [6, 6.07) is 11.1. The van der Waals surface area contributed by atoms with Crippen molar-refractivity contribution < 1.29 is 8.78 Å². The lowest BCUT2D eigenvalue weighted by Crippen LogP contribution is -1.92. The summed E-state index contributed by atoms with van der Waals surface area (Å²) >= 11 is 1.36. The van der Waals surface area contributed by atoms with E-state index < -0.39 is 11.6 Å². The van der Waals surface area contributed by atoms with Crippen LogP contribution < -0.4 is 5.73 Å². The van der Waals surface area contributed by atoms with E-state index in [0.717, 1.165) is 11.6 Å². The molecule has 0 fully saturated rings. The molecule has 0 aliphatic carbocycles. The number of hydrogen-bond donors (Lipinski definition) is 1. The average molecular weight is 265 g/mol. The summed E-state index contributed by atoms with van der Waals surface area (Å²) in [4.78, 5) is 0.445. The summed E-state index contributed by atoms with van der Waals surface area (Å²) in [6.45, 7) is 1.97. The van der Waals surface area contributed by atoms with Crippen LogP contribution in [0.4, 0.5) is 14.5 Å². The summed E-state index contributed by atoms with van der Waals surface area (Å²) in [6.07, 6.45) is 0. The lowest BCUT2D eigenvalue weighted by Gasteiger charge is -2.12. The number of hydrogen-bond acceptors (Lipinski definition) is 2. The molecule has 0 aliphatic rings. The van der Waals surface area contributed by atoms with Gasteiger partial charge in [0.25, 0.3) is 0 Å². The fraction of sp³-hybridized carbons (Fsp3) is 0.143. The van der Waals surface area contributed by atoms with Gasteiger partial charge in [-0.05, 0) is 36.8 Å². The van der Waals surface area contributed by atoms with Gasteiger partial charge in [-0.15, -0.1) is 11.8 Å². The maximum absolute atomic E-state index is 13.5. The Morgan fingerprint density at radius 2 is 1.72 bits per heavy atom. The highest BCUT2D eigenvalue weighted by atomic mass is 32.2. The van der Waals surface area contributed by atoms with Gasteiger partial charge in [-0.3, -0.25) is 0 Å². The molecule has 2 aromatic rings. The molecule has 2 rings (SSSR count). The highest BCUT2D eigenvalue weighted by molar-refractivity contribution is 7.99. The van der Waals surface area contributed by atoms with E-state index in [1.54, 1.807) is 0 Å². The summed E-state index contributed by atoms with van der Waals surface area (Å²) in [7, 11) is 0. The molecular formula is C14H13F2NS. The van der Waals surface area contributed by atoms with Crippen LogP contribution in [0, 0.1) is 11.6 Å². The molecule has 1 unspecified atom stereocenters. The highest BCUT2D eigenvalue weighted by Gasteiger charge is 2.11. The van der Waals surface area contributed by atoms with Gasteiger partial charge in [0, 0.05) is 21.9 Å². The van der Waals surface area contributed by atoms with E-state index in [1.807, 2.05) is 31.2 Å². The first-order valence-electron chi connectivity index (χ1n) is 5.53. The first kappa shape index (κ1) is 12.9. The van der Waals surface area contributed by atoms with Gasteiger partial charge in [-0.25, -0.2) is 8.78 Å². The van der Waals surface area contributed by atoms with Gasteiger partial charge in [0.1, 0.15) is 11.6 Å². The minimum absolute atomic E-state index is 0.0746. The van der Waals surface area contributed by atoms with Crippen molar-refractivity contribution in [3.8, 4) is 0 Å². The summed E-state index contributed by atoms with van der Waals surface area (Å²) in [5.41, 5.74) is 7.36. The zero-order chi connectivity index (χ0) is 13.1. The number of benzene rings is 2. The quantitative estimate of drug-likeness (QED) is 0.657. The zero-order valence-corrected chi connectivity index (χ0v) is 10.7. The number of anilines is 1. The second kappa shape index (κ2) is 5.40. The zero-order valence-electron chi connectivity index (χ0n) is 9.86. The fourth-order valence-electron chi connectivity index (χ4n) is 1.60. The predicted molar refractivity (Wildman–Crippen MR) is 71.5 cm³/mol. The minimum atomic E-state index is -0.558. The third-order valence-electron chi connectivity index (χ3n) is 2.60. The number of thioether (sulfide) groups is 1. The molecule has 0 amide bonds. The Bertz CT molecular complexity index is 540. The molecule has 94 valence electrons. The van der Waals surface area contributed by atoms with Crippen LogP contribution >= 0.6 is 11.8 Å². The Morgan fingerprint density at radius 1 is 1.06 bits per heavy atom. The molecule has 0 spiro atoms. The van der Waals surface area contributed by atoms with Gasteiger partial charge >= 0.3 is 0 Å². The molecule has 0 radical (unpaired) electrons. The molecule has 0 saturated carbocycles. The van der Waals surface area contributed by atoms with Gasteiger partial charge < -0.3 is 5.73 Å². The summed E-state index contributed by atoms with van der Waals surface area (Å²) in [5.74, 6) is -1.08. The SMILES string of the molecule is CC(Sc1ccc(F)cc1F)c1ccc(N)cc1. The first-order valence-corrected chi connectivity index (χ1v) is 6.41. The van der Waals surface area contributed by atoms with Gasteiger partial charge in [0.05, 0.1) is 0 Å². The first-order chi connectivity index (χ1) is 8.56. The molecule has 4 heteroatoms. The molecule has 2 aromatic carbocycles. The van der Waals surface area contributed by atoms with Crippen molar-refractivity contribution in [1.29, 1.82) is 0 Å². The van der Waals surface area contributed by atoms with Crippen molar-refractivity contribution >= 4 is 17.4 Å². The molecule has 2 N–H and O–H groups in total. The molecular weight excluding hydrogens is 252 g/mol. The third kappa shape index (κ3) is 3.01. The standard InChI is InChI=1S/C14H13F2NS/c1-9(10-2-5-12(17)6-3-10)18-14-7-4-11(15)8-13(14)16/h2-9H,17H2,1H3. The van der Waals surface area contributed by atoms with E-state index in [9.17, 15) is 8.78 Å². The molecule has 0 heterocycles. The van der Waals surface area contributed by atoms with Crippen molar-refractivity contribution in [2.45, 2.75) is 17.1 Å². The van der Waals surface area contributed by atoms with Crippen LogP contribution in [0.2, 0.25) is 0 Å². The maximum Gasteiger partial charge on any atom is 0.139 e. The van der Waals surface area contributed by atoms with E-state index in [1.165, 1.54) is 23.9 Å². The van der Waals surface area contributed by atoms with Crippen molar-refractivity contribution in [2.75, 3.05) is 5.73 Å². The molecule has 0 aliphatic heterocycles. The maximum atomic E-state index is 13.5. The largest absolute Gasteiger partial charge is 0.399 e. The number of rotatable bonds is 3. The van der Waals surface area contributed by atoms with Crippen LogP contribution in [0.1, 0.15) is 17.7 Å². The predicted octanol–water partition coefficient (Wildman–Crippen LogP) is 4.40. The number of nitrogen functional groups attached to an aromatic ring is 1. The average Bonchev–Trinajstić information content (AvgIpc) is 2.33. The molecule has 0 bridgehead atoms. The third-order valence-corrected chi connectivity index (χ3v) is 3.81. The summed E-state index contributed by atoms with van der Waals surface area (Å²) in [5, 5.41) is 0.0746. The second-order valence-electron chi connectivity index (χ2n) is 4.00. The van der Waals surface area contributed by atoms with Gasteiger partial charge in [-0.1, -0.05) is 12.1 Å². The molecule has 18 heavy (non-hydrogen) atoms. The van der Waals surface area contributed by atoms with Crippen LogP contribution in [-0.2, 0) is 0 Å². The van der Waals surface area contributed by atoms with Gasteiger partial charge in [0.2, 0.25) is 0 Å². The van der Waals surface area contributed by atoms with E-state index in [2.05, 4.69) is 0 Å². The van der Waals surface area contributed by atoms with Crippen molar-refractivity contribution in [3.05, 3.63) is 59.7 Å². The Labute approximate surface area is 109 Å². The Morgan fingerprint density at radius 3 is 2.33 bits per heavy atom. The molecule has 0 saturated heterocycles. The topological polar surface area (TPSA) is 26.0 Å². The van der Waals surface area contributed by atoms with E-state index in [4.69, 9.17) is 5.73 Å². The second-order valence-corrected chi connectivity index (χ2v) is 5.38. The minimum Gasteiger partial charge on any atom is -0.399 e. The van der Waals surface area contributed by atoms with E-state index in [0.29, 0.717) is 10.6 Å². The van der Waals surface area contributed by atoms with Gasteiger partial charge in [-0.2, -0.15) is 0 Å². The van der Waals surface area contributed by atoms with Crippen LogP contribution in [0.3, 0.4) is 0 Å². The number of halogens is 2. The normalized spacial score (nSPS) is 12.4. The van der Waals surface area contributed by atoms with Crippen molar-refractivity contribution in [2.24, 2.45) is 0 Å². The fourth-order valence-corrected chi connectivity index (χ4v) is 2.59. The smallest absolute Gasteiger partial charge is 0.139 e. The lowest BCUT2D eigenvalue weighted by atomic mass is 10.1. The van der Waals surface area contributed by atoms with E-state index >= 15 is 0 Å². The molecule has 1 nitrogen and oxygen atoms in total. The monoisotopic (exact) mass is 265 g/mol. The lowest BCUT2D eigenvalue weighted by molar-refractivity contribution is 0.565. The summed E-state index contributed by atoms with van der Waals surface area (Å²) < 4.78 is 26.3. The molecule has 1 atom stereocenters. The highest BCUT2D eigenvalue weighted by Crippen LogP contribution is 2.36. The van der Waals surface area contributed by atoms with Gasteiger partial charge in [0.15, 0.2) is 0 Å². The van der Waals surface area contributed by atoms with Crippen molar-refractivity contribution in [1.82, 2.24) is 0 Å². The van der Waals surface area contributed by atoms with Crippen LogP contribution in [0.5, 0.6) is 0 Å².